The van der Waals surface area contributed by atoms with Crippen molar-refractivity contribution >= 4 is 0 Å². The van der Waals surface area contributed by atoms with E-state index in [1.165, 1.54) is 0 Å². The fourth-order valence-corrected chi connectivity index (χ4v) is 2.93. The number of phenolic OH excluding ortho intramolecular Hbond substituents is 1. The van der Waals surface area contributed by atoms with E-state index in [1.807, 2.05) is 0 Å². The molecule has 1 fully saturated rings. The highest BCUT2D eigenvalue weighted by Gasteiger charge is 2.29. The zero-order valence-corrected chi connectivity index (χ0v) is 15.7. The highest BCUT2D eigenvalue weighted by atomic mass is 16.5. The molecule has 0 aliphatic carbocycles. The molecule has 3 heteroatoms. The Bertz CT molecular complexity index is 514. The molecule has 130 valence electrons. The summed E-state index contributed by atoms with van der Waals surface area (Å²) in [6.45, 7) is 16.9. The topological polar surface area (TPSA) is 38.7 Å². The molecule has 0 amide bonds. The molecule has 1 N–H and O–H groups in total. The fourth-order valence-electron chi connectivity index (χ4n) is 2.93. The summed E-state index contributed by atoms with van der Waals surface area (Å²) in [5, 5.41) is 10.8. The molecule has 0 bridgehead atoms. The van der Waals surface area contributed by atoms with Gasteiger partial charge in [-0.3, -0.25) is 0 Å². The zero-order valence-electron chi connectivity index (χ0n) is 15.7. The Balaban J connectivity index is 2.51. The average molecular weight is 320 g/mol. The van der Waals surface area contributed by atoms with Gasteiger partial charge >= 0.3 is 0 Å². The standard InChI is InChI=1S/C20H32O3/c1-13-10-22-12-17(23-11-13)14-8-15(19(2,3)4)18(21)16(9-14)20(5,6)7/h8-9,13,17,21H,10-12H2,1-7H3. The van der Waals surface area contributed by atoms with Crippen LogP contribution >= 0.6 is 0 Å². The van der Waals surface area contributed by atoms with Crippen molar-refractivity contribution in [3.05, 3.63) is 28.8 Å². The molecule has 0 spiro atoms. The van der Waals surface area contributed by atoms with Crippen molar-refractivity contribution in [1.82, 2.24) is 0 Å². The van der Waals surface area contributed by atoms with E-state index in [-0.39, 0.29) is 16.9 Å². The van der Waals surface area contributed by atoms with Crippen LogP contribution in [-0.2, 0) is 20.3 Å². The Labute approximate surface area is 141 Å². The molecule has 1 aromatic rings. The number of aromatic hydroxyl groups is 1. The lowest BCUT2D eigenvalue weighted by molar-refractivity contribution is 0.0235. The van der Waals surface area contributed by atoms with Crippen molar-refractivity contribution in [1.29, 1.82) is 0 Å². The summed E-state index contributed by atoms with van der Waals surface area (Å²) >= 11 is 0. The molecular formula is C20H32O3. The Morgan fingerprint density at radius 2 is 1.43 bits per heavy atom. The first-order valence-electron chi connectivity index (χ1n) is 8.57. The van der Waals surface area contributed by atoms with E-state index in [2.05, 4.69) is 60.6 Å². The molecule has 23 heavy (non-hydrogen) atoms. The summed E-state index contributed by atoms with van der Waals surface area (Å²) in [5.74, 6) is 0.831. The monoisotopic (exact) mass is 320 g/mol. The van der Waals surface area contributed by atoms with E-state index in [9.17, 15) is 5.11 Å². The number of benzene rings is 1. The SMILES string of the molecule is CC1COCC(c2cc(C(C)(C)C)c(O)c(C(C)(C)C)c2)OC1. The third kappa shape index (κ3) is 4.27. The van der Waals surface area contributed by atoms with Crippen LogP contribution in [0.3, 0.4) is 0 Å². The quantitative estimate of drug-likeness (QED) is 0.814. The summed E-state index contributed by atoms with van der Waals surface area (Å²) in [6, 6.07) is 4.18. The average Bonchev–Trinajstić information content (AvgIpc) is 2.61. The van der Waals surface area contributed by atoms with E-state index in [0.717, 1.165) is 23.3 Å². The van der Waals surface area contributed by atoms with Crippen molar-refractivity contribution in [3.63, 3.8) is 0 Å². The third-order valence-corrected chi connectivity index (χ3v) is 4.37. The minimum Gasteiger partial charge on any atom is -0.507 e. The minimum absolute atomic E-state index is 0.0669. The Morgan fingerprint density at radius 3 is 1.91 bits per heavy atom. The summed E-state index contributed by atoms with van der Waals surface area (Å²) in [7, 11) is 0. The summed E-state index contributed by atoms with van der Waals surface area (Å²) in [6.07, 6.45) is -0.0669. The van der Waals surface area contributed by atoms with Crippen LogP contribution in [0.4, 0.5) is 0 Å². The van der Waals surface area contributed by atoms with Gasteiger partial charge in [0.15, 0.2) is 0 Å². The highest BCUT2D eigenvalue weighted by molar-refractivity contribution is 5.50. The van der Waals surface area contributed by atoms with Crippen molar-refractivity contribution in [2.45, 2.75) is 65.4 Å². The van der Waals surface area contributed by atoms with Gasteiger partial charge in [-0.15, -0.1) is 0 Å². The Hall–Kier alpha value is -1.06. The van der Waals surface area contributed by atoms with Crippen LogP contribution in [0.15, 0.2) is 12.1 Å². The molecule has 2 unspecified atom stereocenters. The highest BCUT2D eigenvalue weighted by Crippen LogP contribution is 2.41. The van der Waals surface area contributed by atoms with Crippen molar-refractivity contribution in [3.8, 4) is 5.75 Å². The van der Waals surface area contributed by atoms with Crippen molar-refractivity contribution < 1.29 is 14.6 Å². The first-order chi connectivity index (χ1) is 10.5. The molecule has 2 atom stereocenters. The van der Waals surface area contributed by atoms with Gasteiger partial charge in [0.1, 0.15) is 11.9 Å². The third-order valence-electron chi connectivity index (χ3n) is 4.37. The number of hydrogen-bond donors (Lipinski definition) is 1. The predicted octanol–water partition coefficient (Wildman–Crippen LogP) is 4.71. The Morgan fingerprint density at radius 1 is 0.913 bits per heavy atom. The van der Waals surface area contributed by atoms with Gasteiger partial charge in [-0.2, -0.15) is 0 Å². The zero-order chi connectivity index (χ0) is 17.4. The van der Waals surface area contributed by atoms with Crippen LogP contribution in [-0.4, -0.2) is 24.9 Å². The summed E-state index contributed by atoms with van der Waals surface area (Å²) in [4.78, 5) is 0. The van der Waals surface area contributed by atoms with Crippen LogP contribution in [0.2, 0.25) is 0 Å². The number of hydrogen-bond acceptors (Lipinski definition) is 3. The van der Waals surface area contributed by atoms with Crippen LogP contribution in [0.1, 0.15) is 71.3 Å². The van der Waals surface area contributed by atoms with E-state index in [1.54, 1.807) is 0 Å². The van der Waals surface area contributed by atoms with Crippen molar-refractivity contribution in [2.24, 2.45) is 5.92 Å². The largest absolute Gasteiger partial charge is 0.507 e. The van der Waals surface area contributed by atoms with E-state index < -0.39 is 0 Å². The smallest absolute Gasteiger partial charge is 0.123 e. The molecule has 3 nitrogen and oxygen atoms in total. The van der Waals surface area contributed by atoms with E-state index in [4.69, 9.17) is 9.47 Å². The normalized spacial score (nSPS) is 23.6. The van der Waals surface area contributed by atoms with Crippen LogP contribution < -0.4 is 0 Å². The maximum Gasteiger partial charge on any atom is 0.123 e. The predicted molar refractivity (Wildman–Crippen MR) is 94.2 cm³/mol. The number of rotatable bonds is 1. The lowest BCUT2D eigenvalue weighted by Gasteiger charge is -2.29. The van der Waals surface area contributed by atoms with Gasteiger partial charge in [-0.25, -0.2) is 0 Å². The molecule has 0 saturated carbocycles. The van der Waals surface area contributed by atoms with E-state index >= 15 is 0 Å². The number of phenols is 1. The van der Waals surface area contributed by atoms with Gasteiger partial charge in [-0.1, -0.05) is 48.5 Å². The molecule has 1 aromatic carbocycles. The molecular weight excluding hydrogens is 288 g/mol. The maximum absolute atomic E-state index is 10.8. The molecule has 0 aromatic heterocycles. The lowest BCUT2D eigenvalue weighted by atomic mass is 9.78. The number of ether oxygens (including phenoxy) is 2. The van der Waals surface area contributed by atoms with Crippen LogP contribution in [0, 0.1) is 5.92 Å². The van der Waals surface area contributed by atoms with Gasteiger partial charge in [0.05, 0.1) is 19.8 Å². The molecule has 1 aliphatic rings. The summed E-state index contributed by atoms with van der Waals surface area (Å²) in [5.41, 5.74) is 2.80. The van der Waals surface area contributed by atoms with E-state index in [0.29, 0.717) is 24.9 Å². The lowest BCUT2D eigenvalue weighted by Crippen LogP contribution is -2.19. The first-order valence-corrected chi connectivity index (χ1v) is 8.57. The van der Waals surface area contributed by atoms with Gasteiger partial charge in [0, 0.05) is 5.92 Å². The van der Waals surface area contributed by atoms with Gasteiger partial charge in [0.2, 0.25) is 0 Å². The van der Waals surface area contributed by atoms with Gasteiger partial charge in [-0.05, 0) is 39.7 Å². The maximum atomic E-state index is 10.8. The van der Waals surface area contributed by atoms with Crippen LogP contribution in [0.5, 0.6) is 5.75 Å². The molecule has 1 heterocycles. The van der Waals surface area contributed by atoms with Gasteiger partial charge in [0.25, 0.3) is 0 Å². The molecule has 2 rings (SSSR count). The second kappa shape index (κ2) is 6.45. The van der Waals surface area contributed by atoms with Crippen LogP contribution in [0.25, 0.3) is 0 Å². The molecule has 1 aliphatic heterocycles. The molecule has 1 saturated heterocycles. The Kier molecular flexibility index (Phi) is 5.12. The second-order valence-electron chi connectivity index (χ2n) is 8.93. The fraction of sp³-hybridized carbons (Fsp3) is 0.700. The van der Waals surface area contributed by atoms with Crippen molar-refractivity contribution in [2.75, 3.05) is 19.8 Å². The first kappa shape index (κ1) is 18.3. The molecule has 0 radical (unpaired) electrons. The van der Waals surface area contributed by atoms with Gasteiger partial charge < -0.3 is 14.6 Å². The minimum atomic E-state index is -0.126. The summed E-state index contributed by atoms with van der Waals surface area (Å²) < 4.78 is 11.8. The second-order valence-corrected chi connectivity index (χ2v) is 8.93.